The van der Waals surface area contributed by atoms with Crippen LogP contribution >= 0.6 is 0 Å². The number of ether oxygens (including phenoxy) is 1. The van der Waals surface area contributed by atoms with E-state index < -0.39 is 0 Å². The summed E-state index contributed by atoms with van der Waals surface area (Å²) in [6.07, 6.45) is 6.84. The van der Waals surface area contributed by atoms with Gasteiger partial charge in [-0.15, -0.1) is 0 Å². The first-order chi connectivity index (χ1) is 7.38. The topological polar surface area (TPSA) is 9.23 Å². The molecule has 0 heterocycles. The minimum Gasteiger partial charge on any atom is -0.374 e. The van der Waals surface area contributed by atoms with Crippen molar-refractivity contribution in [1.82, 2.24) is 0 Å². The Kier molecular flexibility index (Phi) is 3.79. The molecule has 1 aromatic carbocycles. The lowest BCUT2D eigenvalue weighted by Crippen LogP contribution is -2.07. The molecule has 0 N–H and O–H groups in total. The summed E-state index contributed by atoms with van der Waals surface area (Å²) < 4.78 is 5.89. The molecule has 0 radical (unpaired) electrons. The molecule has 1 fully saturated rings. The van der Waals surface area contributed by atoms with Crippen molar-refractivity contribution in [1.29, 1.82) is 0 Å². The van der Waals surface area contributed by atoms with E-state index in [-0.39, 0.29) is 0 Å². The lowest BCUT2D eigenvalue weighted by molar-refractivity contribution is 0.0456. The van der Waals surface area contributed by atoms with Gasteiger partial charge in [0.05, 0.1) is 12.7 Å². The number of hydrogen-bond donors (Lipinski definition) is 0. The minimum absolute atomic E-state index is 0.523. The molecule has 0 atom stereocenters. The molecule has 0 aromatic heterocycles. The van der Waals surface area contributed by atoms with Crippen LogP contribution in [0.5, 0.6) is 0 Å². The van der Waals surface area contributed by atoms with Crippen LogP contribution in [0.4, 0.5) is 0 Å². The van der Waals surface area contributed by atoms with E-state index in [9.17, 15) is 0 Å². The third-order valence-corrected chi connectivity index (χ3v) is 3.19. The number of aryl methyl sites for hydroxylation is 1. The summed E-state index contributed by atoms with van der Waals surface area (Å²) in [5.41, 5.74) is 2.73. The Labute approximate surface area is 92.5 Å². The molecule has 1 aromatic rings. The van der Waals surface area contributed by atoms with E-state index in [0.717, 1.165) is 13.0 Å². The molecule has 1 aliphatic carbocycles. The van der Waals surface area contributed by atoms with E-state index in [1.54, 1.807) is 0 Å². The number of rotatable bonds is 4. The van der Waals surface area contributed by atoms with Crippen LogP contribution in [-0.4, -0.2) is 6.10 Å². The molecule has 0 unspecified atom stereocenters. The fourth-order valence-electron chi connectivity index (χ4n) is 2.21. The van der Waals surface area contributed by atoms with E-state index in [0.29, 0.717) is 6.10 Å². The maximum absolute atomic E-state index is 5.89. The SMILES string of the molecule is CCc1cccc(COC2CCCC2)c1. The average molecular weight is 204 g/mol. The predicted octanol–water partition coefficient (Wildman–Crippen LogP) is 3.71. The van der Waals surface area contributed by atoms with Crippen molar-refractivity contribution in [2.24, 2.45) is 0 Å². The second-order valence-corrected chi connectivity index (χ2v) is 4.39. The van der Waals surface area contributed by atoms with Crippen molar-refractivity contribution < 1.29 is 4.74 Å². The number of benzene rings is 1. The summed E-state index contributed by atoms with van der Waals surface area (Å²) in [6.45, 7) is 2.98. The normalized spacial score (nSPS) is 17.1. The second-order valence-electron chi connectivity index (χ2n) is 4.39. The minimum atomic E-state index is 0.523. The Bertz CT molecular complexity index is 300. The Morgan fingerprint density at radius 1 is 1.20 bits per heavy atom. The maximum atomic E-state index is 5.89. The Morgan fingerprint density at radius 2 is 1.93 bits per heavy atom. The van der Waals surface area contributed by atoms with Crippen LogP contribution in [0.15, 0.2) is 24.3 Å². The van der Waals surface area contributed by atoms with Crippen LogP contribution in [0.3, 0.4) is 0 Å². The van der Waals surface area contributed by atoms with Crippen molar-refractivity contribution in [3.63, 3.8) is 0 Å². The predicted molar refractivity (Wildman–Crippen MR) is 62.9 cm³/mol. The summed E-state index contributed by atoms with van der Waals surface area (Å²) in [7, 11) is 0. The van der Waals surface area contributed by atoms with Crippen LogP contribution < -0.4 is 0 Å². The lowest BCUT2D eigenvalue weighted by Gasteiger charge is -2.11. The van der Waals surface area contributed by atoms with Gasteiger partial charge < -0.3 is 4.74 Å². The van der Waals surface area contributed by atoms with E-state index in [4.69, 9.17) is 4.74 Å². The highest BCUT2D eigenvalue weighted by atomic mass is 16.5. The van der Waals surface area contributed by atoms with Gasteiger partial charge in [-0.25, -0.2) is 0 Å². The summed E-state index contributed by atoms with van der Waals surface area (Å²) in [5.74, 6) is 0. The van der Waals surface area contributed by atoms with Crippen molar-refractivity contribution >= 4 is 0 Å². The first-order valence-corrected chi connectivity index (χ1v) is 6.08. The first kappa shape index (κ1) is 10.7. The fourth-order valence-corrected chi connectivity index (χ4v) is 2.21. The maximum Gasteiger partial charge on any atom is 0.0720 e. The van der Waals surface area contributed by atoms with Gasteiger partial charge in [-0.3, -0.25) is 0 Å². The van der Waals surface area contributed by atoms with Crippen LogP contribution in [0.25, 0.3) is 0 Å². The summed E-state index contributed by atoms with van der Waals surface area (Å²) in [4.78, 5) is 0. The van der Waals surface area contributed by atoms with Gasteiger partial charge in [-0.2, -0.15) is 0 Å². The van der Waals surface area contributed by atoms with E-state index in [1.807, 2.05) is 0 Å². The smallest absolute Gasteiger partial charge is 0.0720 e. The molecule has 2 rings (SSSR count). The van der Waals surface area contributed by atoms with E-state index >= 15 is 0 Å². The average Bonchev–Trinajstić information content (AvgIpc) is 2.79. The van der Waals surface area contributed by atoms with E-state index in [2.05, 4.69) is 31.2 Å². The lowest BCUT2D eigenvalue weighted by atomic mass is 10.1. The molecule has 1 saturated carbocycles. The van der Waals surface area contributed by atoms with Gasteiger partial charge in [0.25, 0.3) is 0 Å². The van der Waals surface area contributed by atoms with Gasteiger partial charge in [0.2, 0.25) is 0 Å². The van der Waals surface area contributed by atoms with Crippen molar-refractivity contribution in [2.75, 3.05) is 0 Å². The molecule has 0 aliphatic heterocycles. The molecule has 0 amide bonds. The summed E-state index contributed by atoms with van der Waals surface area (Å²) in [6, 6.07) is 8.73. The zero-order chi connectivity index (χ0) is 10.5. The fraction of sp³-hybridized carbons (Fsp3) is 0.571. The highest BCUT2D eigenvalue weighted by molar-refractivity contribution is 5.22. The molecule has 1 heteroatoms. The van der Waals surface area contributed by atoms with Crippen molar-refractivity contribution in [3.8, 4) is 0 Å². The van der Waals surface area contributed by atoms with E-state index in [1.165, 1.54) is 36.8 Å². The van der Waals surface area contributed by atoms with Crippen LogP contribution in [0.2, 0.25) is 0 Å². The van der Waals surface area contributed by atoms with Crippen molar-refractivity contribution in [3.05, 3.63) is 35.4 Å². The van der Waals surface area contributed by atoms with Gasteiger partial charge in [-0.1, -0.05) is 44.0 Å². The van der Waals surface area contributed by atoms with Gasteiger partial charge in [0.15, 0.2) is 0 Å². The van der Waals surface area contributed by atoms with Crippen molar-refractivity contribution in [2.45, 2.75) is 51.7 Å². The molecule has 0 spiro atoms. The Balaban J connectivity index is 1.86. The van der Waals surface area contributed by atoms with Crippen LogP contribution in [0, 0.1) is 0 Å². The van der Waals surface area contributed by atoms with Crippen LogP contribution in [0.1, 0.15) is 43.7 Å². The molecular formula is C14H20O. The highest BCUT2D eigenvalue weighted by Crippen LogP contribution is 2.22. The standard InChI is InChI=1S/C14H20O/c1-2-12-6-5-7-13(10-12)11-15-14-8-3-4-9-14/h5-7,10,14H,2-4,8-9,11H2,1H3. The first-order valence-electron chi connectivity index (χ1n) is 6.08. The number of hydrogen-bond acceptors (Lipinski definition) is 1. The zero-order valence-corrected chi connectivity index (χ0v) is 9.54. The Hall–Kier alpha value is -0.820. The zero-order valence-electron chi connectivity index (χ0n) is 9.54. The second kappa shape index (κ2) is 5.32. The van der Waals surface area contributed by atoms with Gasteiger partial charge in [0, 0.05) is 0 Å². The molecule has 1 nitrogen and oxygen atoms in total. The Morgan fingerprint density at radius 3 is 2.67 bits per heavy atom. The largest absolute Gasteiger partial charge is 0.374 e. The molecule has 1 aliphatic rings. The molecule has 0 bridgehead atoms. The van der Waals surface area contributed by atoms with Crippen LogP contribution in [-0.2, 0) is 17.8 Å². The monoisotopic (exact) mass is 204 g/mol. The third kappa shape index (κ3) is 3.07. The summed E-state index contributed by atoms with van der Waals surface area (Å²) >= 11 is 0. The third-order valence-electron chi connectivity index (χ3n) is 3.19. The van der Waals surface area contributed by atoms with Gasteiger partial charge in [0.1, 0.15) is 0 Å². The quantitative estimate of drug-likeness (QED) is 0.726. The summed E-state index contributed by atoms with van der Waals surface area (Å²) in [5, 5.41) is 0. The van der Waals surface area contributed by atoms with Gasteiger partial charge >= 0.3 is 0 Å². The molecular weight excluding hydrogens is 184 g/mol. The molecule has 0 saturated heterocycles. The highest BCUT2D eigenvalue weighted by Gasteiger charge is 2.14. The molecule has 15 heavy (non-hydrogen) atoms. The van der Waals surface area contributed by atoms with Gasteiger partial charge in [-0.05, 0) is 30.4 Å². The molecule has 82 valence electrons.